The molecule has 0 saturated carbocycles. The van der Waals surface area contributed by atoms with Crippen LogP contribution in [0.2, 0.25) is 0 Å². The number of hydrogen-bond donors (Lipinski definition) is 3. The van der Waals surface area contributed by atoms with Crippen LogP contribution in [-0.2, 0) is 17.6 Å². The second-order valence-corrected chi connectivity index (χ2v) is 12.5. The van der Waals surface area contributed by atoms with Crippen LogP contribution in [0.5, 0.6) is 0 Å². The molecule has 45 heavy (non-hydrogen) atoms. The first-order valence-electron chi connectivity index (χ1n) is 15.7. The van der Waals surface area contributed by atoms with Crippen molar-refractivity contribution in [3.05, 3.63) is 75.1 Å². The summed E-state index contributed by atoms with van der Waals surface area (Å²) in [7, 11) is 0. The van der Waals surface area contributed by atoms with Crippen LogP contribution in [0, 0.1) is 0 Å². The molecule has 238 valence electrons. The number of benzene rings is 2. The van der Waals surface area contributed by atoms with E-state index in [-0.39, 0.29) is 76.4 Å². The molecule has 0 fully saturated rings. The van der Waals surface area contributed by atoms with Crippen molar-refractivity contribution >= 4 is 93.8 Å². The fourth-order valence-corrected chi connectivity index (χ4v) is 6.75. The van der Waals surface area contributed by atoms with Crippen LogP contribution in [0.15, 0.2) is 56.6 Å². The van der Waals surface area contributed by atoms with Gasteiger partial charge in [-0.15, -0.1) is 11.8 Å². The first-order chi connectivity index (χ1) is 20.7. The Kier molecular flexibility index (Phi) is 20.9. The molecule has 2 aromatic carbocycles. The summed E-state index contributed by atoms with van der Waals surface area (Å²) < 4.78 is 5.74. The van der Waals surface area contributed by atoms with E-state index in [0.717, 1.165) is 41.4 Å². The zero-order valence-electron chi connectivity index (χ0n) is 25.5. The predicted molar refractivity (Wildman–Crippen MR) is 187 cm³/mol. The Morgan fingerprint density at radius 1 is 0.822 bits per heavy atom. The van der Waals surface area contributed by atoms with E-state index in [1.165, 1.54) is 55.9 Å². The van der Waals surface area contributed by atoms with E-state index in [4.69, 9.17) is 9.52 Å². The standard InChI is InChI=1S/C35H46O7S.2Na.2H/c1-3-5-6-7-8-9-10-14-24-17-19-25(20-18-24)34(28(36)15-11-12-16-32(38)39)43-31-22-21-26-29(37)23-30(35(40)41)42-33(26)27(31)13-4-2;;;;/h17-23,28,34,36H,3-16H2,1-2H3,(H,38,39)(H,40,41);;;;. The maximum absolute atomic E-state index is 12.7. The molecule has 3 N–H and O–H groups in total. The van der Waals surface area contributed by atoms with Crippen molar-refractivity contribution in [1.82, 2.24) is 0 Å². The molecule has 3 aromatic rings. The van der Waals surface area contributed by atoms with Crippen LogP contribution in [0.3, 0.4) is 0 Å². The second kappa shape index (κ2) is 22.5. The summed E-state index contributed by atoms with van der Waals surface area (Å²) in [6, 6.07) is 12.9. The van der Waals surface area contributed by atoms with Crippen LogP contribution in [-0.4, -0.2) is 92.5 Å². The molecule has 10 heteroatoms. The van der Waals surface area contributed by atoms with Gasteiger partial charge in [0.15, 0.2) is 5.43 Å². The first kappa shape index (κ1) is 41.9. The number of unbranched alkanes of at least 4 members (excludes halogenated alkanes) is 7. The number of aliphatic hydroxyl groups is 1. The third kappa shape index (κ3) is 13.5. The van der Waals surface area contributed by atoms with Crippen LogP contribution in [0.1, 0.15) is 123 Å². The van der Waals surface area contributed by atoms with Gasteiger partial charge in [0.2, 0.25) is 5.76 Å². The molecule has 0 aliphatic rings. The molecule has 3 rings (SSSR count). The second-order valence-electron chi connectivity index (χ2n) is 11.3. The molecule has 0 spiro atoms. The van der Waals surface area contributed by atoms with Crippen LogP contribution < -0.4 is 5.43 Å². The SMILES string of the molecule is CCCCCCCCCc1ccc(C(Sc2ccc3c(=O)cc(C(=O)O)oc3c2CCC)C(O)CCCCC(=O)O)cc1.[NaH].[NaH]. The van der Waals surface area contributed by atoms with E-state index in [9.17, 15) is 24.6 Å². The van der Waals surface area contributed by atoms with Crippen molar-refractivity contribution in [2.75, 3.05) is 0 Å². The van der Waals surface area contributed by atoms with Crippen molar-refractivity contribution in [1.29, 1.82) is 0 Å². The van der Waals surface area contributed by atoms with Gasteiger partial charge in [0, 0.05) is 22.9 Å². The number of carboxylic acid groups (broad SMARTS) is 2. The van der Waals surface area contributed by atoms with E-state index in [2.05, 4.69) is 31.2 Å². The number of hydrogen-bond acceptors (Lipinski definition) is 6. The number of thioether (sulfide) groups is 1. The molecule has 2 atom stereocenters. The average Bonchev–Trinajstić information content (AvgIpc) is 2.98. The number of aliphatic carboxylic acids is 1. The number of aryl methyl sites for hydroxylation is 2. The molecule has 2 unspecified atom stereocenters. The van der Waals surface area contributed by atoms with Crippen molar-refractivity contribution in [2.45, 2.75) is 120 Å². The molecule has 7 nitrogen and oxygen atoms in total. The first-order valence-corrected chi connectivity index (χ1v) is 16.6. The van der Waals surface area contributed by atoms with Crippen molar-refractivity contribution < 1.29 is 29.3 Å². The number of carbonyl (C=O) groups is 2. The van der Waals surface area contributed by atoms with Gasteiger partial charge in [0.25, 0.3) is 0 Å². The van der Waals surface area contributed by atoms with E-state index in [1.54, 1.807) is 6.07 Å². The number of fused-ring (bicyclic) bond motifs is 1. The predicted octanol–water partition coefficient (Wildman–Crippen LogP) is 7.28. The summed E-state index contributed by atoms with van der Waals surface area (Å²) >= 11 is 1.48. The fraction of sp³-hybridized carbons (Fsp3) is 0.514. The Balaban J connectivity index is 0.00000506. The maximum atomic E-state index is 12.7. The Morgan fingerprint density at radius 3 is 2.11 bits per heavy atom. The van der Waals surface area contributed by atoms with Crippen LogP contribution >= 0.6 is 11.8 Å². The van der Waals surface area contributed by atoms with Crippen molar-refractivity contribution in [3.8, 4) is 0 Å². The summed E-state index contributed by atoms with van der Waals surface area (Å²) in [6.07, 6.45) is 12.0. The molecular formula is C35H48Na2O7S. The van der Waals surface area contributed by atoms with Gasteiger partial charge >= 0.3 is 71.1 Å². The van der Waals surface area contributed by atoms with Crippen molar-refractivity contribution in [2.24, 2.45) is 0 Å². The Bertz CT molecular complexity index is 1390. The Morgan fingerprint density at radius 2 is 1.49 bits per heavy atom. The summed E-state index contributed by atoms with van der Waals surface area (Å²) in [5.74, 6) is -2.55. The summed E-state index contributed by atoms with van der Waals surface area (Å²) in [4.78, 5) is 36.1. The summed E-state index contributed by atoms with van der Waals surface area (Å²) in [5, 5.41) is 29.9. The topological polar surface area (TPSA) is 125 Å². The quantitative estimate of drug-likeness (QED) is 0.0657. The van der Waals surface area contributed by atoms with Gasteiger partial charge in [0.1, 0.15) is 5.58 Å². The van der Waals surface area contributed by atoms with Gasteiger partial charge in [0.05, 0.1) is 16.7 Å². The van der Waals surface area contributed by atoms with Gasteiger partial charge in [-0.1, -0.05) is 89.5 Å². The molecule has 0 aliphatic heterocycles. The van der Waals surface area contributed by atoms with Gasteiger partial charge in [-0.25, -0.2) is 4.79 Å². The van der Waals surface area contributed by atoms with Gasteiger partial charge in [-0.3, -0.25) is 9.59 Å². The van der Waals surface area contributed by atoms with Gasteiger partial charge < -0.3 is 19.7 Å². The van der Waals surface area contributed by atoms with Gasteiger partial charge in [-0.05, 0) is 55.4 Å². The normalized spacial score (nSPS) is 12.2. The number of carboxylic acids is 2. The molecule has 1 heterocycles. The molecule has 0 amide bonds. The Labute approximate surface area is 315 Å². The molecule has 0 saturated heterocycles. The molecule has 0 aliphatic carbocycles. The zero-order chi connectivity index (χ0) is 31.2. The number of aromatic carboxylic acids is 1. The summed E-state index contributed by atoms with van der Waals surface area (Å²) in [6.45, 7) is 4.23. The molecule has 1 aromatic heterocycles. The van der Waals surface area contributed by atoms with E-state index in [1.807, 2.05) is 13.0 Å². The van der Waals surface area contributed by atoms with E-state index in [0.29, 0.717) is 31.1 Å². The fourth-order valence-electron chi connectivity index (χ4n) is 5.41. The van der Waals surface area contributed by atoms with Gasteiger partial charge in [-0.2, -0.15) is 0 Å². The minimum absolute atomic E-state index is 0. The minimum atomic E-state index is -1.30. The molecule has 0 bridgehead atoms. The molecule has 0 radical (unpaired) electrons. The van der Waals surface area contributed by atoms with Crippen LogP contribution in [0.25, 0.3) is 11.0 Å². The molecular weight excluding hydrogens is 610 g/mol. The third-order valence-electron chi connectivity index (χ3n) is 7.79. The Hall–Kier alpha value is -1.10. The van der Waals surface area contributed by atoms with E-state index < -0.39 is 29.2 Å². The van der Waals surface area contributed by atoms with Crippen molar-refractivity contribution in [3.63, 3.8) is 0 Å². The zero-order valence-corrected chi connectivity index (χ0v) is 26.3. The summed E-state index contributed by atoms with van der Waals surface area (Å²) in [5.41, 5.74) is 2.85. The van der Waals surface area contributed by atoms with Crippen LogP contribution in [0.4, 0.5) is 0 Å². The van der Waals surface area contributed by atoms with E-state index >= 15 is 0 Å². The average molecular weight is 659 g/mol. The third-order valence-corrected chi connectivity index (χ3v) is 9.27. The monoisotopic (exact) mass is 658 g/mol. The number of aliphatic hydroxyl groups excluding tert-OH is 1. The number of rotatable bonds is 20.